The van der Waals surface area contributed by atoms with E-state index in [0.717, 1.165) is 6.07 Å². The van der Waals surface area contributed by atoms with Gasteiger partial charge in [-0.1, -0.05) is 25.3 Å². The SMILES string of the molecule is C=CCOC(=O)C1=C(N)Oc2ccc([N+](=O)[O-])cc2[C@@H]1[C@H](C#N)C(=O)OCC=C. The van der Waals surface area contributed by atoms with Gasteiger partial charge in [0.05, 0.1) is 16.9 Å². The largest absolute Gasteiger partial charge is 0.460 e. The number of nitro groups is 1. The number of nitrogens with zero attached hydrogens (tertiary/aromatic N) is 2. The topological polar surface area (TPSA) is 155 Å². The summed E-state index contributed by atoms with van der Waals surface area (Å²) >= 11 is 0. The molecule has 1 aromatic carbocycles. The van der Waals surface area contributed by atoms with Crippen LogP contribution in [0.4, 0.5) is 5.69 Å². The quantitative estimate of drug-likeness (QED) is 0.298. The minimum absolute atomic E-state index is 0.0565. The van der Waals surface area contributed by atoms with Crippen LogP contribution < -0.4 is 10.5 Å². The maximum atomic E-state index is 12.6. The monoisotopic (exact) mass is 399 g/mol. The Kier molecular flexibility index (Phi) is 6.71. The van der Waals surface area contributed by atoms with Gasteiger partial charge in [-0.3, -0.25) is 14.9 Å². The van der Waals surface area contributed by atoms with Gasteiger partial charge in [0.25, 0.3) is 5.69 Å². The molecule has 0 unspecified atom stereocenters. The van der Waals surface area contributed by atoms with Crippen molar-refractivity contribution in [2.45, 2.75) is 5.92 Å². The first-order chi connectivity index (χ1) is 13.8. The van der Waals surface area contributed by atoms with Crippen molar-refractivity contribution < 1.29 is 28.7 Å². The van der Waals surface area contributed by atoms with Crippen LogP contribution in [0.2, 0.25) is 0 Å². The molecular weight excluding hydrogens is 382 g/mol. The third-order valence-corrected chi connectivity index (χ3v) is 3.96. The van der Waals surface area contributed by atoms with E-state index in [-0.39, 0.29) is 41.7 Å². The van der Waals surface area contributed by atoms with Crippen LogP contribution in [-0.4, -0.2) is 30.1 Å². The van der Waals surface area contributed by atoms with E-state index in [4.69, 9.17) is 19.9 Å². The van der Waals surface area contributed by atoms with Crippen LogP contribution in [0.15, 0.2) is 55.0 Å². The van der Waals surface area contributed by atoms with Crippen LogP contribution in [-0.2, 0) is 19.1 Å². The number of ether oxygens (including phenoxy) is 3. The van der Waals surface area contributed by atoms with Gasteiger partial charge < -0.3 is 19.9 Å². The number of nitrogens with two attached hydrogens (primary N) is 1. The Balaban J connectivity index is 2.64. The van der Waals surface area contributed by atoms with E-state index in [2.05, 4.69) is 13.2 Å². The molecule has 0 bridgehead atoms. The summed E-state index contributed by atoms with van der Waals surface area (Å²) in [7, 11) is 0. The maximum Gasteiger partial charge on any atom is 0.340 e. The van der Waals surface area contributed by atoms with E-state index in [1.54, 1.807) is 6.07 Å². The Hall–Kier alpha value is -4.13. The number of benzene rings is 1. The van der Waals surface area contributed by atoms with Gasteiger partial charge in [-0.05, 0) is 6.07 Å². The second kappa shape index (κ2) is 9.18. The molecule has 1 aliphatic rings. The van der Waals surface area contributed by atoms with Gasteiger partial charge in [-0.2, -0.15) is 5.26 Å². The van der Waals surface area contributed by atoms with Gasteiger partial charge >= 0.3 is 11.9 Å². The van der Waals surface area contributed by atoms with Crippen molar-refractivity contribution in [1.29, 1.82) is 5.26 Å². The molecule has 150 valence electrons. The third-order valence-electron chi connectivity index (χ3n) is 3.96. The van der Waals surface area contributed by atoms with Crippen LogP contribution in [0.5, 0.6) is 5.75 Å². The first kappa shape index (κ1) is 21.2. The fraction of sp³-hybridized carbons (Fsp3) is 0.211. The molecule has 10 nitrogen and oxygen atoms in total. The lowest BCUT2D eigenvalue weighted by atomic mass is 9.79. The number of hydrogen-bond acceptors (Lipinski definition) is 9. The molecule has 0 amide bonds. The summed E-state index contributed by atoms with van der Waals surface area (Å²) in [5.74, 6) is -5.10. The lowest BCUT2D eigenvalue weighted by Gasteiger charge is -2.29. The number of esters is 2. The van der Waals surface area contributed by atoms with Crippen LogP contribution in [0.1, 0.15) is 11.5 Å². The predicted molar refractivity (Wildman–Crippen MR) is 99.1 cm³/mol. The van der Waals surface area contributed by atoms with Crippen molar-refractivity contribution in [1.82, 2.24) is 0 Å². The zero-order valence-corrected chi connectivity index (χ0v) is 15.2. The van der Waals surface area contributed by atoms with E-state index in [1.165, 1.54) is 24.3 Å². The molecule has 10 heteroatoms. The number of carbonyl (C=O) groups is 2. The number of fused-ring (bicyclic) bond motifs is 1. The summed E-state index contributed by atoms with van der Waals surface area (Å²) in [6, 6.07) is 5.32. The molecule has 1 aromatic rings. The molecule has 1 aliphatic heterocycles. The summed E-state index contributed by atoms with van der Waals surface area (Å²) in [6.45, 7) is 6.51. The van der Waals surface area contributed by atoms with Crippen LogP contribution in [0.25, 0.3) is 0 Å². The van der Waals surface area contributed by atoms with Crippen LogP contribution in [0.3, 0.4) is 0 Å². The Morgan fingerprint density at radius 2 is 2.00 bits per heavy atom. The standard InChI is InChI=1S/C19H17N3O7/c1-3-7-27-18(23)13(10-20)15-12-9-11(22(25)26)5-6-14(12)29-17(21)16(15)19(24)28-8-4-2/h3-6,9,13,15H,1-2,7-8,21H2/t13-,15+/m0/s1. The van der Waals surface area contributed by atoms with Crippen LogP contribution >= 0.6 is 0 Å². The van der Waals surface area contributed by atoms with E-state index in [1.807, 2.05) is 0 Å². The number of non-ortho nitro benzene ring substituents is 1. The number of rotatable bonds is 8. The smallest absolute Gasteiger partial charge is 0.340 e. The molecule has 2 rings (SSSR count). The normalized spacial score (nSPS) is 15.8. The van der Waals surface area contributed by atoms with Crippen molar-refractivity contribution in [3.05, 3.63) is 70.6 Å². The molecule has 29 heavy (non-hydrogen) atoms. The zero-order valence-electron chi connectivity index (χ0n) is 15.2. The van der Waals surface area contributed by atoms with E-state index in [0.29, 0.717) is 0 Å². The fourth-order valence-electron chi connectivity index (χ4n) is 2.75. The van der Waals surface area contributed by atoms with Gasteiger partial charge in [-0.15, -0.1) is 0 Å². The molecule has 2 N–H and O–H groups in total. The van der Waals surface area contributed by atoms with E-state index < -0.39 is 28.7 Å². The summed E-state index contributed by atoms with van der Waals surface area (Å²) in [5.41, 5.74) is 5.28. The number of nitriles is 1. The maximum absolute atomic E-state index is 12.6. The summed E-state index contributed by atoms with van der Waals surface area (Å²) in [5, 5.41) is 20.8. The van der Waals surface area contributed by atoms with Crippen molar-refractivity contribution in [2.24, 2.45) is 11.7 Å². The molecule has 0 saturated heterocycles. The Morgan fingerprint density at radius 3 is 2.59 bits per heavy atom. The molecule has 2 atom stereocenters. The third kappa shape index (κ3) is 4.41. The predicted octanol–water partition coefficient (Wildman–Crippen LogP) is 1.84. The highest BCUT2D eigenvalue weighted by atomic mass is 16.6. The molecule has 0 fully saturated rings. The Morgan fingerprint density at radius 1 is 1.34 bits per heavy atom. The van der Waals surface area contributed by atoms with E-state index >= 15 is 0 Å². The summed E-state index contributed by atoms with van der Waals surface area (Å²) in [4.78, 5) is 35.5. The Bertz CT molecular complexity index is 946. The highest BCUT2D eigenvalue weighted by Gasteiger charge is 2.44. The average molecular weight is 399 g/mol. The fourth-order valence-corrected chi connectivity index (χ4v) is 2.75. The average Bonchev–Trinajstić information content (AvgIpc) is 2.70. The zero-order chi connectivity index (χ0) is 21.6. The van der Waals surface area contributed by atoms with Crippen molar-refractivity contribution in [3.63, 3.8) is 0 Å². The lowest BCUT2D eigenvalue weighted by molar-refractivity contribution is -0.385. The molecule has 0 radical (unpaired) electrons. The lowest BCUT2D eigenvalue weighted by Crippen LogP contribution is -2.34. The first-order valence-electron chi connectivity index (χ1n) is 8.26. The molecule has 0 spiro atoms. The molecule has 0 aromatic heterocycles. The van der Waals surface area contributed by atoms with Gasteiger partial charge in [0.15, 0.2) is 5.92 Å². The Labute approximate surface area is 165 Å². The number of carbonyl (C=O) groups excluding carboxylic acids is 2. The highest BCUT2D eigenvalue weighted by molar-refractivity contribution is 5.94. The minimum Gasteiger partial charge on any atom is -0.460 e. The van der Waals surface area contributed by atoms with Gasteiger partial charge in [-0.25, -0.2) is 4.79 Å². The van der Waals surface area contributed by atoms with Gasteiger partial charge in [0.2, 0.25) is 5.88 Å². The van der Waals surface area contributed by atoms with Crippen molar-refractivity contribution >= 4 is 17.6 Å². The van der Waals surface area contributed by atoms with Crippen molar-refractivity contribution in [3.8, 4) is 11.8 Å². The minimum atomic E-state index is -1.55. The van der Waals surface area contributed by atoms with Gasteiger partial charge in [0.1, 0.15) is 24.5 Å². The number of hydrogen-bond donors (Lipinski definition) is 1. The molecular formula is C19H17N3O7. The van der Waals surface area contributed by atoms with Gasteiger partial charge in [0, 0.05) is 17.7 Å². The first-order valence-corrected chi connectivity index (χ1v) is 8.26. The summed E-state index contributed by atoms with van der Waals surface area (Å²) < 4.78 is 15.3. The second-order valence-corrected chi connectivity index (χ2v) is 5.75. The molecule has 0 saturated carbocycles. The number of nitro benzene ring substituents is 1. The van der Waals surface area contributed by atoms with E-state index in [9.17, 15) is 25.0 Å². The highest BCUT2D eigenvalue weighted by Crippen LogP contribution is 2.44. The second-order valence-electron chi connectivity index (χ2n) is 5.75. The molecule has 0 aliphatic carbocycles. The summed E-state index contributed by atoms with van der Waals surface area (Å²) in [6.07, 6.45) is 2.62. The molecule has 1 heterocycles. The van der Waals surface area contributed by atoms with Crippen LogP contribution in [0, 0.1) is 27.4 Å². The van der Waals surface area contributed by atoms with Crippen molar-refractivity contribution in [2.75, 3.05) is 13.2 Å².